The Bertz CT molecular complexity index is 1180. The van der Waals surface area contributed by atoms with Crippen molar-refractivity contribution >= 4 is 40.6 Å². The maximum atomic E-state index is 13.2. The second-order valence-corrected chi connectivity index (χ2v) is 10.1. The van der Waals surface area contributed by atoms with Gasteiger partial charge in [-0.1, -0.05) is 30.3 Å². The number of nitrogens with zero attached hydrogens (tertiary/aromatic N) is 5. The summed E-state index contributed by atoms with van der Waals surface area (Å²) in [4.78, 5) is 16.9. The summed E-state index contributed by atoms with van der Waals surface area (Å²) >= 11 is 5.54. The van der Waals surface area contributed by atoms with Crippen molar-refractivity contribution in [1.82, 2.24) is 15.3 Å². The lowest BCUT2D eigenvalue weighted by Gasteiger charge is -2.38. The number of anilines is 4. The van der Waals surface area contributed by atoms with E-state index in [1.54, 1.807) is 12.1 Å². The molecule has 0 unspecified atom stereocenters. The Kier molecular flexibility index (Phi) is 7.99. The van der Waals surface area contributed by atoms with Crippen molar-refractivity contribution < 1.29 is 4.39 Å². The lowest BCUT2D eigenvalue weighted by Crippen LogP contribution is -2.47. The molecule has 0 saturated carbocycles. The van der Waals surface area contributed by atoms with Crippen LogP contribution in [0.5, 0.6) is 0 Å². The zero-order chi connectivity index (χ0) is 25.6. The van der Waals surface area contributed by atoms with Crippen molar-refractivity contribution in [3.8, 4) is 0 Å². The zero-order valence-electron chi connectivity index (χ0n) is 21.2. The molecule has 0 amide bonds. The number of nitrogens with one attached hydrogen (secondary N) is 2. The average molecular weight is 520 g/mol. The van der Waals surface area contributed by atoms with E-state index in [0.29, 0.717) is 23.6 Å². The lowest BCUT2D eigenvalue weighted by molar-refractivity contribution is 0.481. The summed E-state index contributed by atoms with van der Waals surface area (Å²) < 4.78 is 13.2. The minimum Gasteiger partial charge on any atom is -0.368 e. The zero-order valence-corrected chi connectivity index (χ0v) is 22.1. The fraction of sp³-hybridized carbons (Fsp3) is 0.393. The van der Waals surface area contributed by atoms with E-state index in [1.807, 2.05) is 0 Å². The van der Waals surface area contributed by atoms with E-state index in [2.05, 4.69) is 68.7 Å². The van der Waals surface area contributed by atoms with Crippen molar-refractivity contribution in [3.63, 3.8) is 0 Å². The fourth-order valence-corrected chi connectivity index (χ4v) is 5.15. The number of rotatable bonds is 6. The van der Waals surface area contributed by atoms with Gasteiger partial charge in [-0.3, -0.25) is 0 Å². The molecule has 2 aromatic carbocycles. The fourth-order valence-electron chi connectivity index (χ4n) is 4.99. The molecule has 194 valence electrons. The first kappa shape index (κ1) is 25.2. The number of benzene rings is 2. The van der Waals surface area contributed by atoms with Gasteiger partial charge in [0, 0.05) is 57.1 Å². The summed E-state index contributed by atoms with van der Waals surface area (Å²) in [6.45, 7) is 7.38. The molecule has 9 heteroatoms. The van der Waals surface area contributed by atoms with Crippen LogP contribution in [-0.2, 0) is 6.54 Å². The third-order valence-electron chi connectivity index (χ3n) is 7.11. The first-order valence-electron chi connectivity index (χ1n) is 13.0. The second-order valence-electron chi connectivity index (χ2n) is 9.69. The highest BCUT2D eigenvalue weighted by molar-refractivity contribution is 7.80. The maximum absolute atomic E-state index is 13.2. The summed E-state index contributed by atoms with van der Waals surface area (Å²) in [6.07, 6.45) is 3.58. The standard InChI is InChI=1S/C28H34FN7S/c1-21-7-5-6-14-36(21)26-19-25(35-17-15-34(16-18-35)24-8-3-2-4-9-24)31-27(32-26)33-28(37)30-20-22-10-12-23(29)13-11-22/h2-4,8-13,19,21H,5-7,14-18,20H2,1H3,(H2,30,31,32,33,37)/t21-/m0/s1. The first-order chi connectivity index (χ1) is 18.0. The van der Waals surface area contributed by atoms with Gasteiger partial charge in [-0.15, -0.1) is 0 Å². The molecule has 0 radical (unpaired) electrons. The molecule has 3 heterocycles. The molecule has 2 saturated heterocycles. The molecule has 1 atom stereocenters. The predicted molar refractivity (Wildman–Crippen MR) is 153 cm³/mol. The number of piperidine rings is 1. The van der Waals surface area contributed by atoms with Crippen LogP contribution in [0.3, 0.4) is 0 Å². The minimum atomic E-state index is -0.251. The van der Waals surface area contributed by atoms with Crippen LogP contribution in [0, 0.1) is 5.82 Å². The number of hydrogen-bond acceptors (Lipinski definition) is 6. The SMILES string of the molecule is C[C@H]1CCCCN1c1cc(N2CCN(c3ccccc3)CC2)nc(NC(=S)NCc2ccc(F)cc2)n1. The first-order valence-corrected chi connectivity index (χ1v) is 13.5. The monoisotopic (exact) mass is 519 g/mol. The number of para-hydroxylation sites is 1. The summed E-state index contributed by atoms with van der Waals surface area (Å²) in [7, 11) is 0. The van der Waals surface area contributed by atoms with Crippen molar-refractivity contribution in [2.75, 3.05) is 52.7 Å². The Hall–Kier alpha value is -3.46. The Morgan fingerprint density at radius 1 is 0.919 bits per heavy atom. The molecular formula is C28H34FN7S. The van der Waals surface area contributed by atoms with Gasteiger partial charge in [0.2, 0.25) is 5.95 Å². The molecule has 1 aromatic heterocycles. The van der Waals surface area contributed by atoms with Gasteiger partial charge in [-0.25, -0.2) is 4.39 Å². The van der Waals surface area contributed by atoms with Crippen LogP contribution in [0.4, 0.5) is 27.7 Å². The van der Waals surface area contributed by atoms with Gasteiger partial charge in [0.1, 0.15) is 17.5 Å². The molecule has 5 rings (SSSR count). The van der Waals surface area contributed by atoms with Gasteiger partial charge in [0.15, 0.2) is 5.11 Å². The molecular weight excluding hydrogens is 485 g/mol. The Morgan fingerprint density at radius 3 is 2.35 bits per heavy atom. The van der Waals surface area contributed by atoms with Crippen LogP contribution >= 0.6 is 12.2 Å². The molecule has 2 N–H and O–H groups in total. The topological polar surface area (TPSA) is 59.6 Å². The largest absolute Gasteiger partial charge is 0.368 e. The van der Waals surface area contributed by atoms with Crippen LogP contribution in [0.15, 0.2) is 60.7 Å². The predicted octanol–water partition coefficient (Wildman–Crippen LogP) is 4.81. The molecule has 2 aliphatic rings. The van der Waals surface area contributed by atoms with Gasteiger partial charge in [0.05, 0.1) is 0 Å². The summed E-state index contributed by atoms with van der Waals surface area (Å²) in [6, 6.07) is 19.5. The highest BCUT2D eigenvalue weighted by atomic mass is 32.1. The number of halogens is 1. The lowest BCUT2D eigenvalue weighted by atomic mass is 10.0. The molecule has 2 aliphatic heterocycles. The molecule has 7 nitrogen and oxygen atoms in total. The van der Waals surface area contributed by atoms with E-state index >= 15 is 0 Å². The van der Waals surface area contributed by atoms with Crippen LogP contribution in [0.1, 0.15) is 31.7 Å². The number of aromatic nitrogens is 2. The number of thiocarbonyl (C=S) groups is 1. The summed E-state index contributed by atoms with van der Waals surface area (Å²) in [5.41, 5.74) is 2.20. The highest BCUT2D eigenvalue weighted by Crippen LogP contribution is 2.28. The molecule has 0 aliphatic carbocycles. The maximum Gasteiger partial charge on any atom is 0.232 e. The normalized spacial score (nSPS) is 18.0. The third kappa shape index (κ3) is 6.46. The van der Waals surface area contributed by atoms with E-state index in [4.69, 9.17) is 22.2 Å². The smallest absolute Gasteiger partial charge is 0.232 e. The van der Waals surface area contributed by atoms with E-state index < -0.39 is 0 Å². The van der Waals surface area contributed by atoms with Crippen LogP contribution < -0.4 is 25.3 Å². The molecule has 2 fully saturated rings. The molecule has 0 bridgehead atoms. The van der Waals surface area contributed by atoms with Gasteiger partial charge in [-0.2, -0.15) is 9.97 Å². The summed E-state index contributed by atoms with van der Waals surface area (Å²) in [5, 5.41) is 6.81. The average Bonchev–Trinajstić information content (AvgIpc) is 2.93. The van der Waals surface area contributed by atoms with Gasteiger partial charge in [-0.05, 0) is 68.2 Å². The summed E-state index contributed by atoms with van der Waals surface area (Å²) in [5.74, 6) is 2.09. The number of piperazine rings is 1. The van der Waals surface area contributed by atoms with Crippen molar-refractivity contribution in [2.45, 2.75) is 38.8 Å². The highest BCUT2D eigenvalue weighted by Gasteiger charge is 2.24. The number of hydrogen-bond donors (Lipinski definition) is 2. The van der Waals surface area contributed by atoms with E-state index in [9.17, 15) is 4.39 Å². The van der Waals surface area contributed by atoms with Crippen molar-refractivity contribution in [3.05, 3.63) is 72.0 Å². The van der Waals surface area contributed by atoms with Gasteiger partial charge < -0.3 is 25.3 Å². The van der Waals surface area contributed by atoms with E-state index in [-0.39, 0.29) is 5.82 Å². The quantitative estimate of drug-likeness (QED) is 0.450. The van der Waals surface area contributed by atoms with Gasteiger partial charge >= 0.3 is 0 Å². The van der Waals surface area contributed by atoms with E-state index in [0.717, 1.165) is 56.3 Å². The van der Waals surface area contributed by atoms with E-state index in [1.165, 1.54) is 30.7 Å². The second kappa shape index (κ2) is 11.7. The molecule has 37 heavy (non-hydrogen) atoms. The van der Waals surface area contributed by atoms with Crippen LogP contribution in [-0.4, -0.2) is 53.8 Å². The van der Waals surface area contributed by atoms with Crippen LogP contribution in [0.2, 0.25) is 0 Å². The van der Waals surface area contributed by atoms with Crippen molar-refractivity contribution in [1.29, 1.82) is 0 Å². The van der Waals surface area contributed by atoms with Crippen molar-refractivity contribution in [2.24, 2.45) is 0 Å². The Morgan fingerprint density at radius 2 is 1.62 bits per heavy atom. The Balaban J connectivity index is 1.31. The minimum absolute atomic E-state index is 0.251. The Labute approximate surface area is 223 Å². The van der Waals surface area contributed by atoms with Crippen LogP contribution in [0.25, 0.3) is 0 Å². The molecule has 0 spiro atoms. The van der Waals surface area contributed by atoms with Gasteiger partial charge in [0.25, 0.3) is 0 Å². The third-order valence-corrected chi connectivity index (χ3v) is 7.36. The molecule has 3 aromatic rings.